The van der Waals surface area contributed by atoms with Crippen LogP contribution in [0.15, 0.2) is 54.6 Å². The SMILES string of the molecule is CC(=O)NCc1ccc(C(=O)COC(=O)c2nn(-c3ccccc3)nc2C)cc1. The fraction of sp³-hybridized carbons (Fsp3) is 0.190. The van der Waals surface area contributed by atoms with Crippen molar-refractivity contribution in [1.29, 1.82) is 0 Å². The molecule has 29 heavy (non-hydrogen) atoms. The molecule has 0 atom stereocenters. The average molecular weight is 392 g/mol. The summed E-state index contributed by atoms with van der Waals surface area (Å²) in [5, 5.41) is 11.1. The Morgan fingerprint density at radius 2 is 1.69 bits per heavy atom. The van der Waals surface area contributed by atoms with Crippen LogP contribution < -0.4 is 5.32 Å². The maximum Gasteiger partial charge on any atom is 0.361 e. The summed E-state index contributed by atoms with van der Waals surface area (Å²) in [4.78, 5) is 36.9. The zero-order valence-electron chi connectivity index (χ0n) is 16.1. The van der Waals surface area contributed by atoms with Gasteiger partial charge in [-0.15, -0.1) is 5.10 Å². The molecular formula is C21H20N4O4. The topological polar surface area (TPSA) is 103 Å². The molecule has 3 rings (SSSR count). The molecule has 0 aliphatic heterocycles. The summed E-state index contributed by atoms with van der Waals surface area (Å²) in [6.45, 7) is 3.07. The summed E-state index contributed by atoms with van der Waals surface area (Å²) in [6.07, 6.45) is 0. The molecule has 1 heterocycles. The highest BCUT2D eigenvalue weighted by Gasteiger charge is 2.19. The van der Waals surface area contributed by atoms with Crippen molar-refractivity contribution >= 4 is 17.7 Å². The van der Waals surface area contributed by atoms with Crippen LogP contribution in [0.4, 0.5) is 0 Å². The second-order valence-electron chi connectivity index (χ2n) is 6.36. The van der Waals surface area contributed by atoms with Gasteiger partial charge in [-0.2, -0.15) is 9.90 Å². The molecule has 0 bridgehead atoms. The lowest BCUT2D eigenvalue weighted by atomic mass is 10.1. The first-order chi connectivity index (χ1) is 13.9. The van der Waals surface area contributed by atoms with Gasteiger partial charge in [0.15, 0.2) is 18.1 Å². The monoisotopic (exact) mass is 392 g/mol. The van der Waals surface area contributed by atoms with Crippen molar-refractivity contribution in [2.24, 2.45) is 0 Å². The zero-order chi connectivity index (χ0) is 20.8. The molecule has 1 aromatic heterocycles. The molecule has 0 radical (unpaired) electrons. The van der Waals surface area contributed by atoms with Gasteiger partial charge < -0.3 is 10.1 Å². The van der Waals surface area contributed by atoms with Gasteiger partial charge >= 0.3 is 5.97 Å². The Bertz CT molecular complexity index is 1030. The highest BCUT2D eigenvalue weighted by Crippen LogP contribution is 2.10. The quantitative estimate of drug-likeness (QED) is 0.489. The molecule has 1 amide bonds. The molecular weight excluding hydrogens is 372 g/mol. The number of hydrogen-bond donors (Lipinski definition) is 1. The fourth-order valence-corrected chi connectivity index (χ4v) is 2.56. The van der Waals surface area contributed by atoms with Crippen molar-refractivity contribution in [3.8, 4) is 5.69 Å². The largest absolute Gasteiger partial charge is 0.452 e. The standard InChI is InChI=1S/C21H20N4O4/c1-14-20(24-25(23-14)18-6-4-3-5-7-18)21(28)29-13-19(27)17-10-8-16(9-11-17)12-22-15(2)26/h3-11H,12-13H2,1-2H3,(H,22,26). The van der Waals surface area contributed by atoms with Crippen molar-refractivity contribution in [2.45, 2.75) is 20.4 Å². The number of benzene rings is 2. The van der Waals surface area contributed by atoms with E-state index in [1.807, 2.05) is 30.3 Å². The lowest BCUT2D eigenvalue weighted by Crippen LogP contribution is -2.19. The number of hydrogen-bond acceptors (Lipinski definition) is 6. The average Bonchev–Trinajstić information content (AvgIpc) is 3.13. The van der Waals surface area contributed by atoms with Gasteiger partial charge in [-0.25, -0.2) is 4.79 Å². The van der Waals surface area contributed by atoms with Crippen LogP contribution in [0.25, 0.3) is 5.69 Å². The van der Waals surface area contributed by atoms with Crippen LogP contribution in [0.5, 0.6) is 0 Å². The van der Waals surface area contributed by atoms with Crippen LogP contribution >= 0.6 is 0 Å². The van der Waals surface area contributed by atoms with Crippen LogP contribution in [0.1, 0.15) is 39.0 Å². The smallest absolute Gasteiger partial charge is 0.361 e. The van der Waals surface area contributed by atoms with E-state index in [9.17, 15) is 14.4 Å². The van der Waals surface area contributed by atoms with E-state index in [4.69, 9.17) is 4.74 Å². The lowest BCUT2D eigenvalue weighted by molar-refractivity contribution is -0.119. The number of ketones is 1. The highest BCUT2D eigenvalue weighted by molar-refractivity contribution is 5.99. The van der Waals surface area contributed by atoms with Gasteiger partial charge in [0.2, 0.25) is 5.91 Å². The number of carbonyl (C=O) groups excluding carboxylic acids is 3. The number of Topliss-reactive ketones (excluding diaryl/α,β-unsaturated/α-hetero) is 1. The Morgan fingerprint density at radius 3 is 2.34 bits per heavy atom. The number of amides is 1. The Morgan fingerprint density at radius 1 is 1.00 bits per heavy atom. The minimum Gasteiger partial charge on any atom is -0.452 e. The fourth-order valence-electron chi connectivity index (χ4n) is 2.56. The summed E-state index contributed by atoms with van der Waals surface area (Å²) >= 11 is 0. The van der Waals surface area contributed by atoms with Crippen molar-refractivity contribution in [3.05, 3.63) is 77.1 Å². The Hall–Kier alpha value is -3.81. The summed E-state index contributed by atoms with van der Waals surface area (Å²) < 4.78 is 5.12. The van der Waals surface area contributed by atoms with Gasteiger partial charge in [-0.3, -0.25) is 9.59 Å². The molecule has 1 N–H and O–H groups in total. The predicted octanol–water partition coefficient (Wildman–Crippen LogP) is 2.25. The molecule has 3 aromatic rings. The zero-order valence-corrected chi connectivity index (χ0v) is 16.1. The number of carbonyl (C=O) groups is 3. The molecule has 0 saturated heterocycles. The number of nitrogens with zero attached hydrogens (tertiary/aromatic N) is 3. The van der Waals surface area contributed by atoms with Crippen molar-refractivity contribution in [3.63, 3.8) is 0 Å². The minimum absolute atomic E-state index is 0.0623. The first-order valence-electron chi connectivity index (χ1n) is 8.97. The summed E-state index contributed by atoms with van der Waals surface area (Å²) in [5.41, 5.74) is 2.46. The number of nitrogens with one attached hydrogen (secondary N) is 1. The van der Waals surface area contributed by atoms with E-state index < -0.39 is 12.6 Å². The number of esters is 1. The maximum atomic E-state index is 12.3. The molecule has 0 aliphatic carbocycles. The normalized spacial score (nSPS) is 10.4. The third kappa shape index (κ3) is 5.13. The molecule has 0 aliphatic rings. The van der Waals surface area contributed by atoms with E-state index in [0.717, 1.165) is 5.56 Å². The van der Waals surface area contributed by atoms with Gasteiger partial charge in [0.05, 0.1) is 11.4 Å². The molecule has 0 saturated carbocycles. The van der Waals surface area contributed by atoms with E-state index in [1.54, 1.807) is 31.2 Å². The first-order valence-corrected chi connectivity index (χ1v) is 8.97. The third-order valence-corrected chi connectivity index (χ3v) is 4.11. The number of aromatic nitrogens is 3. The third-order valence-electron chi connectivity index (χ3n) is 4.11. The van der Waals surface area contributed by atoms with E-state index >= 15 is 0 Å². The summed E-state index contributed by atoms with van der Waals surface area (Å²) in [5.74, 6) is -1.17. The van der Waals surface area contributed by atoms with Crippen molar-refractivity contribution in [1.82, 2.24) is 20.3 Å². The molecule has 0 unspecified atom stereocenters. The second kappa shape index (κ2) is 8.92. The summed E-state index contributed by atoms with van der Waals surface area (Å²) in [6, 6.07) is 15.9. The minimum atomic E-state index is -0.708. The lowest BCUT2D eigenvalue weighted by Gasteiger charge is -2.05. The highest BCUT2D eigenvalue weighted by atomic mass is 16.5. The number of ether oxygens (including phenoxy) is 1. The van der Waals surface area contributed by atoms with Crippen molar-refractivity contribution in [2.75, 3.05) is 6.61 Å². The van der Waals surface area contributed by atoms with Gasteiger partial charge in [0.1, 0.15) is 0 Å². The van der Waals surface area contributed by atoms with Crippen LogP contribution in [0.3, 0.4) is 0 Å². The molecule has 8 heteroatoms. The maximum absolute atomic E-state index is 12.3. The van der Waals surface area contributed by atoms with Crippen LogP contribution in [0, 0.1) is 6.92 Å². The van der Waals surface area contributed by atoms with Crippen molar-refractivity contribution < 1.29 is 19.1 Å². The molecule has 148 valence electrons. The van der Waals surface area contributed by atoms with Crippen LogP contribution in [-0.2, 0) is 16.1 Å². The van der Waals surface area contributed by atoms with Crippen LogP contribution in [0.2, 0.25) is 0 Å². The van der Waals surface area contributed by atoms with E-state index in [2.05, 4.69) is 15.5 Å². The number of rotatable bonds is 7. The summed E-state index contributed by atoms with van der Waals surface area (Å²) in [7, 11) is 0. The van der Waals surface area contributed by atoms with Crippen LogP contribution in [-0.4, -0.2) is 39.3 Å². The second-order valence-corrected chi connectivity index (χ2v) is 6.36. The van der Waals surface area contributed by atoms with Gasteiger partial charge in [0.25, 0.3) is 0 Å². The molecule has 8 nitrogen and oxygen atoms in total. The van der Waals surface area contributed by atoms with Gasteiger partial charge in [-0.05, 0) is 24.6 Å². The Balaban J connectivity index is 1.60. The van der Waals surface area contributed by atoms with Gasteiger partial charge in [-0.1, -0.05) is 42.5 Å². The Labute approximate surface area is 167 Å². The number of para-hydroxylation sites is 1. The predicted molar refractivity (Wildman–Crippen MR) is 105 cm³/mol. The van der Waals surface area contributed by atoms with E-state index in [-0.39, 0.29) is 17.4 Å². The molecule has 0 fully saturated rings. The number of aryl methyl sites for hydroxylation is 1. The van der Waals surface area contributed by atoms with E-state index in [0.29, 0.717) is 23.5 Å². The Kier molecular flexibility index (Phi) is 6.13. The molecule has 2 aromatic carbocycles. The van der Waals surface area contributed by atoms with E-state index in [1.165, 1.54) is 11.7 Å². The molecule has 0 spiro atoms. The van der Waals surface area contributed by atoms with Gasteiger partial charge in [0, 0.05) is 19.0 Å². The first kappa shape index (κ1) is 19.9.